The highest BCUT2D eigenvalue weighted by Crippen LogP contribution is 2.27. The lowest BCUT2D eigenvalue weighted by molar-refractivity contribution is -0.117. The SMILES string of the molecule is CC(=O)NC1=NC(=O)/C(=C/c2ccc(C)cc2)S1. The molecule has 2 rings (SSSR count). The number of amides is 2. The molecule has 0 aliphatic carbocycles. The van der Waals surface area contributed by atoms with E-state index < -0.39 is 0 Å². The zero-order chi connectivity index (χ0) is 13.1. The number of nitrogens with zero attached hydrogens (tertiary/aromatic N) is 1. The summed E-state index contributed by atoms with van der Waals surface area (Å²) >= 11 is 1.18. The lowest BCUT2D eigenvalue weighted by Gasteiger charge is -1.98. The molecule has 0 radical (unpaired) electrons. The van der Waals surface area contributed by atoms with Crippen molar-refractivity contribution in [1.29, 1.82) is 0 Å². The number of aliphatic imine (C=N–C) groups is 1. The van der Waals surface area contributed by atoms with Crippen molar-refractivity contribution < 1.29 is 9.59 Å². The van der Waals surface area contributed by atoms with E-state index in [0.717, 1.165) is 11.1 Å². The Hall–Kier alpha value is -1.88. The Labute approximate surface area is 109 Å². The van der Waals surface area contributed by atoms with Crippen LogP contribution in [-0.4, -0.2) is 17.0 Å². The molecule has 0 unspecified atom stereocenters. The quantitative estimate of drug-likeness (QED) is 0.787. The summed E-state index contributed by atoms with van der Waals surface area (Å²) in [6, 6.07) is 7.83. The molecule has 1 aliphatic heterocycles. The number of rotatable bonds is 1. The van der Waals surface area contributed by atoms with Gasteiger partial charge in [-0.25, -0.2) is 0 Å². The highest BCUT2D eigenvalue weighted by atomic mass is 32.2. The number of aryl methyl sites for hydroxylation is 1. The van der Waals surface area contributed by atoms with E-state index >= 15 is 0 Å². The highest BCUT2D eigenvalue weighted by Gasteiger charge is 2.22. The summed E-state index contributed by atoms with van der Waals surface area (Å²) in [4.78, 5) is 26.8. The van der Waals surface area contributed by atoms with Crippen molar-refractivity contribution in [1.82, 2.24) is 5.32 Å². The van der Waals surface area contributed by atoms with Gasteiger partial charge in [0.25, 0.3) is 5.91 Å². The summed E-state index contributed by atoms with van der Waals surface area (Å²) in [5.74, 6) is -0.546. The van der Waals surface area contributed by atoms with Crippen molar-refractivity contribution in [2.24, 2.45) is 4.99 Å². The Balaban J connectivity index is 2.15. The molecule has 5 heteroatoms. The first-order valence-electron chi connectivity index (χ1n) is 5.41. The van der Waals surface area contributed by atoms with E-state index in [9.17, 15) is 9.59 Å². The molecule has 1 heterocycles. The van der Waals surface area contributed by atoms with Crippen molar-refractivity contribution in [3.05, 3.63) is 40.3 Å². The molecular weight excluding hydrogens is 248 g/mol. The smallest absolute Gasteiger partial charge is 0.286 e. The molecule has 0 bridgehead atoms. The fourth-order valence-corrected chi connectivity index (χ4v) is 2.29. The second-order valence-electron chi connectivity index (χ2n) is 3.92. The third-order valence-corrected chi connectivity index (χ3v) is 3.18. The molecule has 1 aliphatic rings. The van der Waals surface area contributed by atoms with E-state index in [0.29, 0.717) is 10.1 Å². The number of hydrogen-bond acceptors (Lipinski definition) is 3. The zero-order valence-corrected chi connectivity index (χ0v) is 10.9. The van der Waals surface area contributed by atoms with Crippen molar-refractivity contribution in [3.63, 3.8) is 0 Å². The summed E-state index contributed by atoms with van der Waals surface area (Å²) in [5, 5.41) is 2.85. The van der Waals surface area contributed by atoms with Crippen molar-refractivity contribution in [2.45, 2.75) is 13.8 Å². The minimum atomic E-state index is -0.315. The number of carbonyl (C=O) groups is 2. The molecule has 0 aromatic heterocycles. The van der Waals surface area contributed by atoms with E-state index in [4.69, 9.17) is 0 Å². The van der Waals surface area contributed by atoms with Gasteiger partial charge >= 0.3 is 0 Å². The molecule has 0 atom stereocenters. The van der Waals surface area contributed by atoms with Crippen molar-refractivity contribution in [3.8, 4) is 0 Å². The van der Waals surface area contributed by atoms with Crippen molar-refractivity contribution in [2.75, 3.05) is 0 Å². The first-order chi connectivity index (χ1) is 8.54. The van der Waals surface area contributed by atoms with Crippen LogP contribution in [0.2, 0.25) is 0 Å². The molecule has 0 saturated heterocycles. The predicted molar refractivity (Wildman–Crippen MR) is 73.0 cm³/mol. The molecule has 1 N–H and O–H groups in total. The van der Waals surface area contributed by atoms with Crippen LogP contribution >= 0.6 is 11.8 Å². The summed E-state index contributed by atoms with van der Waals surface area (Å²) < 4.78 is 0. The summed E-state index contributed by atoms with van der Waals surface area (Å²) in [5.41, 5.74) is 2.11. The molecule has 18 heavy (non-hydrogen) atoms. The molecule has 92 valence electrons. The topological polar surface area (TPSA) is 58.5 Å². The lowest BCUT2D eigenvalue weighted by atomic mass is 10.1. The van der Waals surface area contributed by atoms with E-state index in [1.807, 2.05) is 31.2 Å². The lowest BCUT2D eigenvalue weighted by Crippen LogP contribution is -2.23. The molecule has 4 nitrogen and oxygen atoms in total. The molecule has 0 fully saturated rings. The number of amidine groups is 1. The van der Waals surface area contributed by atoms with Crippen LogP contribution in [0, 0.1) is 6.92 Å². The Morgan fingerprint density at radius 3 is 2.61 bits per heavy atom. The van der Waals surface area contributed by atoms with Crippen LogP contribution in [0.5, 0.6) is 0 Å². The monoisotopic (exact) mass is 260 g/mol. The molecule has 1 aromatic carbocycles. The maximum absolute atomic E-state index is 11.6. The Morgan fingerprint density at radius 2 is 2.00 bits per heavy atom. The number of hydrogen-bond donors (Lipinski definition) is 1. The van der Waals surface area contributed by atoms with Gasteiger partial charge in [-0.15, -0.1) is 0 Å². The first kappa shape index (κ1) is 12.6. The second-order valence-corrected chi connectivity index (χ2v) is 4.96. The third kappa shape index (κ3) is 3.07. The van der Waals surface area contributed by atoms with E-state index in [2.05, 4.69) is 10.3 Å². The first-order valence-corrected chi connectivity index (χ1v) is 6.23. The van der Waals surface area contributed by atoms with Gasteiger partial charge in [0.15, 0.2) is 5.17 Å². The fourth-order valence-electron chi connectivity index (χ4n) is 1.43. The van der Waals surface area contributed by atoms with Gasteiger partial charge in [-0.3, -0.25) is 9.59 Å². The fraction of sp³-hybridized carbons (Fsp3) is 0.154. The number of benzene rings is 1. The van der Waals surface area contributed by atoms with Crippen LogP contribution < -0.4 is 5.32 Å². The van der Waals surface area contributed by atoms with Gasteiger partial charge in [0.1, 0.15) is 0 Å². The number of carbonyl (C=O) groups excluding carboxylic acids is 2. The Kier molecular flexibility index (Phi) is 3.62. The van der Waals surface area contributed by atoms with E-state index in [1.54, 1.807) is 6.08 Å². The second kappa shape index (κ2) is 5.18. The standard InChI is InChI=1S/C13H12N2O2S/c1-8-3-5-10(6-4-8)7-11-12(17)15-13(18-11)14-9(2)16/h3-7H,1-2H3,(H,14,15,16,17)/b11-7-. The normalized spacial score (nSPS) is 16.9. The van der Waals surface area contributed by atoms with Crippen LogP contribution in [0.25, 0.3) is 6.08 Å². The predicted octanol–water partition coefficient (Wildman–Crippen LogP) is 2.10. The van der Waals surface area contributed by atoms with Gasteiger partial charge in [0.2, 0.25) is 5.91 Å². The Morgan fingerprint density at radius 1 is 1.33 bits per heavy atom. The van der Waals surface area contributed by atoms with Gasteiger partial charge < -0.3 is 5.32 Å². The molecule has 1 aromatic rings. The molecule has 0 saturated carbocycles. The van der Waals surface area contributed by atoms with Crippen LogP contribution in [0.15, 0.2) is 34.2 Å². The van der Waals surface area contributed by atoms with Gasteiger partial charge in [-0.2, -0.15) is 4.99 Å². The summed E-state index contributed by atoms with van der Waals surface area (Å²) in [6.07, 6.45) is 1.77. The number of nitrogens with one attached hydrogen (secondary N) is 1. The van der Waals surface area contributed by atoms with Crippen LogP contribution in [0.3, 0.4) is 0 Å². The van der Waals surface area contributed by atoms with Crippen molar-refractivity contribution >= 4 is 34.8 Å². The average molecular weight is 260 g/mol. The molecule has 2 amide bonds. The largest absolute Gasteiger partial charge is 0.305 e. The van der Waals surface area contributed by atoms with Gasteiger partial charge in [-0.05, 0) is 30.3 Å². The maximum atomic E-state index is 11.6. The molecule has 0 spiro atoms. The van der Waals surface area contributed by atoms with E-state index in [1.165, 1.54) is 18.7 Å². The highest BCUT2D eigenvalue weighted by molar-refractivity contribution is 8.18. The Bertz CT molecular complexity index is 559. The van der Waals surface area contributed by atoms with E-state index in [-0.39, 0.29) is 11.8 Å². The third-order valence-electron chi connectivity index (χ3n) is 2.28. The number of thioether (sulfide) groups is 1. The summed E-state index contributed by atoms with van der Waals surface area (Å²) in [7, 11) is 0. The van der Waals surface area contributed by atoms with Crippen LogP contribution in [0.1, 0.15) is 18.1 Å². The zero-order valence-electron chi connectivity index (χ0n) is 10.1. The minimum absolute atomic E-state index is 0.231. The van der Waals surface area contributed by atoms with Gasteiger partial charge in [-0.1, -0.05) is 29.8 Å². The van der Waals surface area contributed by atoms with Crippen LogP contribution in [-0.2, 0) is 9.59 Å². The maximum Gasteiger partial charge on any atom is 0.286 e. The average Bonchev–Trinajstić information content (AvgIpc) is 2.61. The summed E-state index contributed by atoms with van der Waals surface area (Å²) in [6.45, 7) is 3.39. The van der Waals surface area contributed by atoms with Gasteiger partial charge in [0.05, 0.1) is 4.91 Å². The molecular formula is C13H12N2O2S. The van der Waals surface area contributed by atoms with Crippen LogP contribution in [0.4, 0.5) is 0 Å². The minimum Gasteiger partial charge on any atom is -0.305 e. The van der Waals surface area contributed by atoms with Gasteiger partial charge in [0, 0.05) is 6.92 Å².